The van der Waals surface area contributed by atoms with E-state index in [1.165, 1.54) is 6.92 Å². The summed E-state index contributed by atoms with van der Waals surface area (Å²) in [5.41, 5.74) is 1.51. The lowest BCUT2D eigenvalue weighted by Crippen LogP contribution is -2.46. The minimum atomic E-state index is -1.06. The van der Waals surface area contributed by atoms with Crippen LogP contribution < -0.4 is 10.6 Å². The molecule has 1 aromatic rings. The van der Waals surface area contributed by atoms with Gasteiger partial charge in [0.15, 0.2) is 6.10 Å². The van der Waals surface area contributed by atoms with Gasteiger partial charge in [-0.05, 0) is 50.8 Å². The van der Waals surface area contributed by atoms with Crippen molar-refractivity contribution >= 4 is 17.9 Å². The molecule has 0 unspecified atom stereocenters. The summed E-state index contributed by atoms with van der Waals surface area (Å²) in [5.74, 6) is -0.737. The molecular weight excluding hydrogens is 308 g/mol. The van der Waals surface area contributed by atoms with Crippen LogP contribution in [0.5, 0.6) is 0 Å². The lowest BCUT2D eigenvalue weighted by Gasteiger charge is -2.14. The number of nitrogens with one attached hydrogen (secondary N) is 2. The largest absolute Gasteiger partial charge is 0.449 e. The third-order valence-corrected chi connectivity index (χ3v) is 3.14. The van der Waals surface area contributed by atoms with Crippen LogP contribution >= 0.6 is 0 Å². The molecule has 6 nitrogen and oxygen atoms in total. The molecule has 0 saturated heterocycles. The highest BCUT2D eigenvalue weighted by Crippen LogP contribution is 2.11. The highest BCUT2D eigenvalue weighted by molar-refractivity contribution is 5.98. The third-order valence-electron chi connectivity index (χ3n) is 3.14. The number of esters is 1. The predicted molar refractivity (Wildman–Crippen MR) is 91.7 cm³/mol. The molecule has 0 spiro atoms. The molecule has 0 saturated carbocycles. The number of carbonyl (C=O) groups is 3. The van der Waals surface area contributed by atoms with Crippen LogP contribution in [-0.4, -0.2) is 30.1 Å². The van der Waals surface area contributed by atoms with Gasteiger partial charge in [-0.3, -0.25) is 10.1 Å². The Bertz CT molecular complexity index is 579. The predicted octanol–water partition coefficient (Wildman–Crippen LogP) is 2.66. The highest BCUT2D eigenvalue weighted by Gasteiger charge is 2.21. The zero-order valence-electron chi connectivity index (χ0n) is 14.9. The molecule has 0 aliphatic rings. The number of rotatable bonds is 6. The van der Waals surface area contributed by atoms with E-state index in [1.54, 1.807) is 26.0 Å². The Balaban J connectivity index is 2.56. The van der Waals surface area contributed by atoms with Crippen LogP contribution in [0.4, 0.5) is 4.79 Å². The van der Waals surface area contributed by atoms with Crippen molar-refractivity contribution in [3.05, 3.63) is 35.4 Å². The summed E-state index contributed by atoms with van der Waals surface area (Å²) in [6.07, 6.45) is -0.134. The summed E-state index contributed by atoms with van der Waals surface area (Å²) in [5, 5.41) is 4.66. The molecule has 132 valence electrons. The van der Waals surface area contributed by atoms with E-state index in [-0.39, 0.29) is 6.04 Å². The summed E-state index contributed by atoms with van der Waals surface area (Å²) < 4.78 is 5.09. The van der Waals surface area contributed by atoms with Crippen LogP contribution in [0.1, 0.15) is 50.5 Å². The van der Waals surface area contributed by atoms with E-state index in [2.05, 4.69) is 24.5 Å². The SMILES string of the molecule is CC(C)Cc1ccc(C(=O)O[C@@H](C)C(=O)NC(=O)NC(C)C)cc1. The molecule has 24 heavy (non-hydrogen) atoms. The van der Waals surface area contributed by atoms with E-state index >= 15 is 0 Å². The monoisotopic (exact) mass is 334 g/mol. The van der Waals surface area contributed by atoms with E-state index in [1.807, 2.05) is 12.1 Å². The maximum atomic E-state index is 12.1. The standard InChI is InChI=1S/C18H26N2O4/c1-11(2)10-14-6-8-15(9-7-14)17(22)24-13(5)16(21)20-18(23)19-12(3)4/h6-9,11-13H,10H2,1-5H3,(H2,19,20,21,23)/t13-/m0/s1. The first-order valence-corrected chi connectivity index (χ1v) is 8.10. The van der Waals surface area contributed by atoms with E-state index in [0.29, 0.717) is 11.5 Å². The number of hydrogen-bond acceptors (Lipinski definition) is 4. The zero-order chi connectivity index (χ0) is 18.3. The van der Waals surface area contributed by atoms with Crippen molar-refractivity contribution in [1.29, 1.82) is 0 Å². The molecule has 3 amide bonds. The number of imide groups is 1. The first-order valence-electron chi connectivity index (χ1n) is 8.10. The van der Waals surface area contributed by atoms with Gasteiger partial charge in [-0.25, -0.2) is 9.59 Å². The van der Waals surface area contributed by atoms with Crippen molar-refractivity contribution in [1.82, 2.24) is 10.6 Å². The van der Waals surface area contributed by atoms with Crippen molar-refractivity contribution < 1.29 is 19.1 Å². The second-order valence-corrected chi connectivity index (χ2v) is 6.46. The minimum absolute atomic E-state index is 0.0972. The summed E-state index contributed by atoms with van der Waals surface area (Å²) >= 11 is 0. The van der Waals surface area contributed by atoms with Gasteiger partial charge >= 0.3 is 12.0 Å². The normalized spacial score (nSPS) is 12.0. The van der Waals surface area contributed by atoms with Crippen molar-refractivity contribution in [2.75, 3.05) is 0 Å². The van der Waals surface area contributed by atoms with Gasteiger partial charge in [-0.2, -0.15) is 0 Å². The second kappa shape index (κ2) is 9.05. The van der Waals surface area contributed by atoms with Crippen molar-refractivity contribution in [2.45, 2.75) is 53.2 Å². The summed E-state index contributed by atoms with van der Waals surface area (Å²) in [4.78, 5) is 35.3. The van der Waals surface area contributed by atoms with Gasteiger partial charge in [-0.15, -0.1) is 0 Å². The Morgan fingerprint density at radius 3 is 2.08 bits per heavy atom. The summed E-state index contributed by atoms with van der Waals surface area (Å²) in [6.45, 7) is 9.21. The van der Waals surface area contributed by atoms with Crippen molar-refractivity contribution in [2.24, 2.45) is 5.92 Å². The maximum absolute atomic E-state index is 12.1. The number of benzene rings is 1. The number of urea groups is 1. The lowest BCUT2D eigenvalue weighted by atomic mass is 10.0. The molecule has 0 bridgehead atoms. The van der Waals surface area contributed by atoms with Crippen LogP contribution in [0.15, 0.2) is 24.3 Å². The highest BCUT2D eigenvalue weighted by atomic mass is 16.5. The average molecular weight is 334 g/mol. The van der Waals surface area contributed by atoms with Crippen molar-refractivity contribution in [3.8, 4) is 0 Å². The second-order valence-electron chi connectivity index (χ2n) is 6.46. The van der Waals surface area contributed by atoms with Gasteiger partial charge in [-0.1, -0.05) is 26.0 Å². The summed E-state index contributed by atoms with van der Waals surface area (Å²) in [6, 6.07) is 6.39. The molecular formula is C18H26N2O4. The molecule has 0 aliphatic heterocycles. The first kappa shape index (κ1) is 19.7. The van der Waals surface area contributed by atoms with E-state index < -0.39 is 24.0 Å². The molecule has 1 rings (SSSR count). The van der Waals surface area contributed by atoms with Gasteiger partial charge in [0.05, 0.1) is 5.56 Å². The maximum Gasteiger partial charge on any atom is 0.338 e. The molecule has 0 fully saturated rings. The van der Waals surface area contributed by atoms with Gasteiger partial charge in [0.25, 0.3) is 5.91 Å². The van der Waals surface area contributed by atoms with E-state index in [4.69, 9.17) is 4.74 Å². The quantitative estimate of drug-likeness (QED) is 0.783. The smallest absolute Gasteiger partial charge is 0.338 e. The molecule has 6 heteroatoms. The fourth-order valence-electron chi connectivity index (χ4n) is 2.04. The lowest BCUT2D eigenvalue weighted by molar-refractivity contribution is -0.127. The van der Waals surface area contributed by atoms with E-state index in [9.17, 15) is 14.4 Å². The Labute approximate surface area is 143 Å². The third kappa shape index (κ3) is 6.81. The first-order chi connectivity index (χ1) is 11.2. The number of hydrogen-bond donors (Lipinski definition) is 2. The molecule has 0 radical (unpaired) electrons. The van der Waals surface area contributed by atoms with Crippen LogP contribution in [0.25, 0.3) is 0 Å². The topological polar surface area (TPSA) is 84.5 Å². The Morgan fingerprint density at radius 2 is 1.58 bits per heavy atom. The molecule has 0 aromatic heterocycles. The Morgan fingerprint density at radius 1 is 1.00 bits per heavy atom. The zero-order valence-corrected chi connectivity index (χ0v) is 14.9. The molecule has 2 N–H and O–H groups in total. The van der Waals surface area contributed by atoms with Crippen LogP contribution in [0.2, 0.25) is 0 Å². The molecule has 1 aromatic carbocycles. The van der Waals surface area contributed by atoms with Gasteiger partial charge in [0.2, 0.25) is 0 Å². The number of ether oxygens (including phenoxy) is 1. The molecule has 0 heterocycles. The fourth-order valence-corrected chi connectivity index (χ4v) is 2.04. The molecule has 1 atom stereocenters. The van der Waals surface area contributed by atoms with Crippen LogP contribution in [-0.2, 0) is 16.0 Å². The molecule has 0 aliphatic carbocycles. The van der Waals surface area contributed by atoms with Gasteiger partial charge < -0.3 is 10.1 Å². The van der Waals surface area contributed by atoms with Gasteiger partial charge in [0.1, 0.15) is 0 Å². The van der Waals surface area contributed by atoms with Gasteiger partial charge in [0, 0.05) is 6.04 Å². The van der Waals surface area contributed by atoms with Crippen LogP contribution in [0, 0.1) is 5.92 Å². The summed E-state index contributed by atoms with van der Waals surface area (Å²) in [7, 11) is 0. The van der Waals surface area contributed by atoms with Crippen LogP contribution in [0.3, 0.4) is 0 Å². The van der Waals surface area contributed by atoms with Crippen molar-refractivity contribution in [3.63, 3.8) is 0 Å². The van der Waals surface area contributed by atoms with E-state index in [0.717, 1.165) is 12.0 Å². The number of amides is 3. The average Bonchev–Trinajstić information content (AvgIpc) is 2.46. The number of carbonyl (C=O) groups excluding carboxylic acids is 3. The Hall–Kier alpha value is -2.37. The minimum Gasteiger partial charge on any atom is -0.449 e. The Kier molecular flexibility index (Phi) is 7.42. The fraction of sp³-hybridized carbons (Fsp3) is 0.500.